The maximum atomic E-state index is 10.7. The third-order valence-electron chi connectivity index (χ3n) is 1.64. The van der Waals surface area contributed by atoms with E-state index in [1.165, 1.54) is 6.92 Å². The summed E-state index contributed by atoms with van der Waals surface area (Å²) in [5, 5.41) is 17.3. The van der Waals surface area contributed by atoms with Gasteiger partial charge in [-0.25, -0.2) is 9.59 Å². The van der Waals surface area contributed by atoms with Crippen molar-refractivity contribution >= 4 is 11.9 Å². The van der Waals surface area contributed by atoms with E-state index in [9.17, 15) is 9.59 Å². The molecule has 0 atom stereocenters. The van der Waals surface area contributed by atoms with Gasteiger partial charge in [0, 0.05) is 11.1 Å². The smallest absolute Gasteiger partial charge is 0.332 e. The predicted molar refractivity (Wildman–Crippen MR) is 47.4 cm³/mol. The van der Waals surface area contributed by atoms with Crippen LogP contribution in [0, 0.1) is 5.92 Å². The number of aliphatic carboxylic acids is 2. The van der Waals surface area contributed by atoms with Gasteiger partial charge in [0.2, 0.25) is 0 Å². The zero-order chi connectivity index (χ0) is 10.6. The van der Waals surface area contributed by atoms with Crippen LogP contribution in [0.15, 0.2) is 11.1 Å². The summed E-state index contributed by atoms with van der Waals surface area (Å²) in [6, 6.07) is 0. The van der Waals surface area contributed by atoms with Crippen molar-refractivity contribution in [1.29, 1.82) is 0 Å². The van der Waals surface area contributed by atoms with Gasteiger partial charge in [-0.1, -0.05) is 13.8 Å². The molecule has 0 bridgehead atoms. The van der Waals surface area contributed by atoms with Crippen molar-refractivity contribution in [3.63, 3.8) is 0 Å². The average Bonchev–Trinajstić information content (AvgIpc) is 1.97. The maximum absolute atomic E-state index is 10.7. The summed E-state index contributed by atoms with van der Waals surface area (Å²) in [6.07, 6.45) is 0.285. The van der Waals surface area contributed by atoms with E-state index < -0.39 is 11.9 Å². The Bertz CT molecular complexity index is 250. The fraction of sp³-hybridized carbons (Fsp3) is 0.556. The Kier molecular flexibility index (Phi) is 4.17. The van der Waals surface area contributed by atoms with Crippen LogP contribution in [-0.4, -0.2) is 22.2 Å². The van der Waals surface area contributed by atoms with E-state index in [1.54, 1.807) is 0 Å². The van der Waals surface area contributed by atoms with Crippen molar-refractivity contribution in [1.82, 2.24) is 0 Å². The number of hydrogen-bond acceptors (Lipinski definition) is 2. The first-order chi connectivity index (χ1) is 5.86. The number of rotatable bonds is 4. The second-order valence-electron chi connectivity index (χ2n) is 3.31. The quantitative estimate of drug-likeness (QED) is 0.653. The van der Waals surface area contributed by atoms with Crippen LogP contribution < -0.4 is 0 Å². The Labute approximate surface area is 76.9 Å². The Balaban J connectivity index is 4.89. The van der Waals surface area contributed by atoms with Crippen molar-refractivity contribution < 1.29 is 19.8 Å². The molecule has 4 nitrogen and oxygen atoms in total. The molecule has 74 valence electrons. The average molecular weight is 186 g/mol. The fourth-order valence-corrected chi connectivity index (χ4v) is 0.938. The Morgan fingerprint density at radius 3 is 1.85 bits per heavy atom. The molecule has 0 heterocycles. The Hall–Kier alpha value is -1.32. The van der Waals surface area contributed by atoms with Crippen LogP contribution in [0.1, 0.15) is 27.2 Å². The molecule has 4 heteroatoms. The first-order valence-corrected chi connectivity index (χ1v) is 4.02. The van der Waals surface area contributed by atoms with Crippen LogP contribution in [0.5, 0.6) is 0 Å². The fourth-order valence-electron chi connectivity index (χ4n) is 0.938. The summed E-state index contributed by atoms with van der Waals surface area (Å²) in [4.78, 5) is 21.2. The van der Waals surface area contributed by atoms with Crippen molar-refractivity contribution in [2.24, 2.45) is 5.92 Å². The molecule has 0 aromatic rings. The molecule has 0 aromatic carbocycles. The molecule has 0 aromatic heterocycles. The molecule has 0 amide bonds. The minimum Gasteiger partial charge on any atom is -0.478 e. The standard InChI is InChI=1S/C9H14O4/c1-5(2)4-7(9(12)13)6(3)8(10)11/h5H,4H2,1-3H3,(H,10,11)(H,12,13). The van der Waals surface area contributed by atoms with Crippen molar-refractivity contribution in [2.45, 2.75) is 27.2 Å². The molecular weight excluding hydrogens is 172 g/mol. The highest BCUT2D eigenvalue weighted by Gasteiger charge is 2.16. The monoisotopic (exact) mass is 186 g/mol. The second-order valence-corrected chi connectivity index (χ2v) is 3.31. The summed E-state index contributed by atoms with van der Waals surface area (Å²) >= 11 is 0. The molecular formula is C9H14O4. The number of carbonyl (C=O) groups is 2. The first kappa shape index (κ1) is 11.7. The SMILES string of the molecule is CC(C(=O)O)=C(CC(C)C)C(=O)O. The third kappa shape index (κ3) is 3.73. The molecule has 0 spiro atoms. The topological polar surface area (TPSA) is 74.6 Å². The van der Waals surface area contributed by atoms with Gasteiger partial charge < -0.3 is 10.2 Å². The van der Waals surface area contributed by atoms with E-state index in [4.69, 9.17) is 10.2 Å². The highest BCUT2D eigenvalue weighted by molar-refractivity contribution is 5.98. The lowest BCUT2D eigenvalue weighted by molar-refractivity contribution is -0.136. The maximum Gasteiger partial charge on any atom is 0.332 e. The van der Waals surface area contributed by atoms with Gasteiger partial charge in [-0.05, 0) is 19.3 Å². The lowest BCUT2D eigenvalue weighted by Gasteiger charge is -2.07. The van der Waals surface area contributed by atoms with Gasteiger partial charge in [-0.2, -0.15) is 0 Å². The Morgan fingerprint density at radius 1 is 1.15 bits per heavy atom. The van der Waals surface area contributed by atoms with Crippen molar-refractivity contribution in [3.8, 4) is 0 Å². The first-order valence-electron chi connectivity index (χ1n) is 4.02. The van der Waals surface area contributed by atoms with E-state index in [0.717, 1.165) is 0 Å². The molecule has 0 rings (SSSR count). The zero-order valence-electron chi connectivity index (χ0n) is 8.00. The van der Waals surface area contributed by atoms with E-state index in [2.05, 4.69) is 0 Å². The number of hydrogen-bond donors (Lipinski definition) is 2. The summed E-state index contributed by atoms with van der Waals surface area (Å²) in [7, 11) is 0. The molecule has 0 aliphatic rings. The van der Waals surface area contributed by atoms with Crippen LogP contribution in [0.3, 0.4) is 0 Å². The summed E-state index contributed by atoms with van der Waals surface area (Å²) < 4.78 is 0. The van der Waals surface area contributed by atoms with Gasteiger partial charge in [0.15, 0.2) is 0 Å². The minimum absolute atomic E-state index is 0.0116. The van der Waals surface area contributed by atoms with Gasteiger partial charge in [-0.3, -0.25) is 0 Å². The van der Waals surface area contributed by atoms with Crippen LogP contribution >= 0.6 is 0 Å². The molecule has 0 aliphatic heterocycles. The molecule has 0 saturated carbocycles. The molecule has 0 saturated heterocycles. The van der Waals surface area contributed by atoms with Crippen molar-refractivity contribution in [2.75, 3.05) is 0 Å². The van der Waals surface area contributed by atoms with Gasteiger partial charge in [0.25, 0.3) is 0 Å². The zero-order valence-corrected chi connectivity index (χ0v) is 8.00. The van der Waals surface area contributed by atoms with Crippen LogP contribution in [0.2, 0.25) is 0 Å². The number of carboxylic acid groups (broad SMARTS) is 2. The van der Waals surface area contributed by atoms with Gasteiger partial charge >= 0.3 is 11.9 Å². The molecule has 0 radical (unpaired) electrons. The Morgan fingerprint density at radius 2 is 1.62 bits per heavy atom. The van der Waals surface area contributed by atoms with Crippen LogP contribution in [-0.2, 0) is 9.59 Å². The lowest BCUT2D eigenvalue weighted by Crippen LogP contribution is -2.11. The van der Waals surface area contributed by atoms with Gasteiger partial charge in [0.05, 0.1) is 0 Å². The number of carboxylic acids is 2. The van der Waals surface area contributed by atoms with E-state index >= 15 is 0 Å². The predicted octanol–water partition coefficient (Wildman–Crippen LogP) is 1.52. The van der Waals surface area contributed by atoms with Gasteiger partial charge in [0.1, 0.15) is 0 Å². The van der Waals surface area contributed by atoms with E-state index in [0.29, 0.717) is 0 Å². The minimum atomic E-state index is -1.17. The van der Waals surface area contributed by atoms with E-state index in [-0.39, 0.29) is 23.5 Å². The van der Waals surface area contributed by atoms with Crippen molar-refractivity contribution in [3.05, 3.63) is 11.1 Å². The largest absolute Gasteiger partial charge is 0.478 e. The third-order valence-corrected chi connectivity index (χ3v) is 1.64. The molecule has 2 N–H and O–H groups in total. The highest BCUT2D eigenvalue weighted by atomic mass is 16.4. The highest BCUT2D eigenvalue weighted by Crippen LogP contribution is 2.15. The molecule has 13 heavy (non-hydrogen) atoms. The molecule has 0 aliphatic carbocycles. The second kappa shape index (κ2) is 4.64. The lowest BCUT2D eigenvalue weighted by atomic mass is 9.99. The summed E-state index contributed by atoms with van der Waals surface area (Å²) in [5.74, 6) is -2.17. The summed E-state index contributed by atoms with van der Waals surface area (Å²) in [6.45, 7) is 5.00. The molecule has 0 unspecified atom stereocenters. The summed E-state index contributed by atoms with van der Waals surface area (Å²) in [5.41, 5.74) is -0.0938. The van der Waals surface area contributed by atoms with Crippen LogP contribution in [0.25, 0.3) is 0 Å². The van der Waals surface area contributed by atoms with E-state index in [1.807, 2.05) is 13.8 Å². The molecule has 0 fully saturated rings. The van der Waals surface area contributed by atoms with Crippen LogP contribution in [0.4, 0.5) is 0 Å². The normalized spacial score (nSPS) is 12.6. The van der Waals surface area contributed by atoms with Gasteiger partial charge in [-0.15, -0.1) is 0 Å².